The molecule has 1 amide bonds. The summed E-state index contributed by atoms with van der Waals surface area (Å²) in [5, 5.41) is 3.27. The number of esters is 1. The first-order valence-corrected chi connectivity index (χ1v) is 10.6. The van der Waals surface area contributed by atoms with E-state index in [0.29, 0.717) is 28.0 Å². The molecule has 3 aromatic carbocycles. The lowest BCUT2D eigenvalue weighted by Crippen LogP contribution is -2.25. The Balaban J connectivity index is 1.37. The molecule has 34 heavy (non-hydrogen) atoms. The summed E-state index contributed by atoms with van der Waals surface area (Å²) in [6.45, 7) is -0.256. The molecule has 0 bridgehead atoms. The van der Waals surface area contributed by atoms with Crippen LogP contribution in [0.15, 0.2) is 60.7 Å². The fraction of sp³-hybridized carbons (Fsp3) is 0.160. The molecule has 4 rings (SSSR count). The molecule has 3 aromatic rings. The highest BCUT2D eigenvalue weighted by Crippen LogP contribution is 2.30. The van der Waals surface area contributed by atoms with Crippen molar-refractivity contribution in [1.82, 2.24) is 0 Å². The molecule has 1 heterocycles. The zero-order valence-corrected chi connectivity index (χ0v) is 18.9. The largest absolute Gasteiger partial charge is 0.493 e. The highest BCUT2D eigenvalue weighted by atomic mass is 35.5. The average molecular weight is 482 g/mol. The second kappa shape index (κ2) is 10.3. The fourth-order valence-electron chi connectivity index (χ4n) is 3.21. The predicted molar refractivity (Wildman–Crippen MR) is 124 cm³/mol. The van der Waals surface area contributed by atoms with E-state index in [4.69, 9.17) is 30.5 Å². The van der Waals surface area contributed by atoms with Gasteiger partial charge in [0.2, 0.25) is 0 Å². The lowest BCUT2D eigenvalue weighted by molar-refractivity contribution is -0.118. The van der Waals surface area contributed by atoms with E-state index in [0.717, 1.165) is 5.56 Å². The van der Waals surface area contributed by atoms with Crippen molar-refractivity contribution >= 4 is 34.9 Å². The van der Waals surface area contributed by atoms with Gasteiger partial charge in [0.15, 0.2) is 30.5 Å². The Morgan fingerprint density at radius 3 is 2.53 bits per heavy atom. The maximum atomic E-state index is 12.5. The number of ether oxygens (including phenoxy) is 4. The number of carbonyl (C=O) groups is 3. The number of hydrogen-bond donors (Lipinski definition) is 1. The number of hydrogen-bond acceptors (Lipinski definition) is 7. The van der Waals surface area contributed by atoms with E-state index < -0.39 is 18.4 Å². The highest BCUT2D eigenvalue weighted by Gasteiger charge is 2.19. The molecule has 0 aromatic heterocycles. The molecule has 9 heteroatoms. The van der Waals surface area contributed by atoms with Crippen molar-refractivity contribution in [3.05, 3.63) is 82.4 Å². The van der Waals surface area contributed by atoms with Crippen LogP contribution in [0.1, 0.15) is 26.3 Å². The van der Waals surface area contributed by atoms with Crippen molar-refractivity contribution < 1.29 is 33.3 Å². The minimum atomic E-state index is -0.689. The molecule has 1 aliphatic heterocycles. The first kappa shape index (κ1) is 23.1. The maximum absolute atomic E-state index is 12.5. The topological polar surface area (TPSA) is 100 Å². The van der Waals surface area contributed by atoms with Crippen LogP contribution in [0.4, 0.5) is 5.69 Å². The predicted octanol–water partition coefficient (Wildman–Crippen LogP) is 4.30. The molecule has 0 atom stereocenters. The van der Waals surface area contributed by atoms with Gasteiger partial charge in [-0.2, -0.15) is 0 Å². The van der Waals surface area contributed by atoms with Crippen LogP contribution in [0.5, 0.6) is 17.2 Å². The Bertz CT molecular complexity index is 1240. The molecule has 0 saturated carbocycles. The zero-order chi connectivity index (χ0) is 24.1. The van der Waals surface area contributed by atoms with E-state index in [-0.39, 0.29) is 30.2 Å². The second-order valence-electron chi connectivity index (χ2n) is 7.33. The van der Waals surface area contributed by atoms with Gasteiger partial charge < -0.3 is 24.3 Å². The molecule has 0 unspecified atom stereocenters. The van der Waals surface area contributed by atoms with E-state index in [2.05, 4.69) is 5.32 Å². The van der Waals surface area contributed by atoms with Gasteiger partial charge in [-0.15, -0.1) is 0 Å². The number of halogens is 1. The van der Waals surface area contributed by atoms with Gasteiger partial charge >= 0.3 is 5.97 Å². The first-order valence-electron chi connectivity index (χ1n) is 10.3. The third-order valence-corrected chi connectivity index (χ3v) is 5.23. The molecule has 8 nitrogen and oxygen atoms in total. The van der Waals surface area contributed by atoms with Gasteiger partial charge in [0, 0.05) is 10.6 Å². The van der Waals surface area contributed by atoms with Crippen molar-refractivity contribution in [2.45, 2.75) is 6.61 Å². The Kier molecular flexibility index (Phi) is 6.98. The van der Waals surface area contributed by atoms with Crippen LogP contribution in [0, 0.1) is 0 Å². The summed E-state index contributed by atoms with van der Waals surface area (Å²) in [4.78, 5) is 36.4. The molecule has 1 aliphatic rings. The van der Waals surface area contributed by atoms with Crippen LogP contribution in [0.25, 0.3) is 0 Å². The minimum absolute atomic E-state index is 0.0771. The summed E-state index contributed by atoms with van der Waals surface area (Å²) in [5.74, 6) is -0.156. The Morgan fingerprint density at radius 1 is 1.00 bits per heavy atom. The normalized spacial score (nSPS) is 12.1. The Morgan fingerprint density at radius 2 is 1.76 bits per heavy atom. The van der Waals surface area contributed by atoms with Crippen LogP contribution < -0.4 is 19.5 Å². The van der Waals surface area contributed by atoms with Crippen LogP contribution in [0.3, 0.4) is 0 Å². The number of benzene rings is 3. The molecule has 0 radical (unpaired) electrons. The molecule has 1 N–H and O–H groups in total. The maximum Gasteiger partial charge on any atom is 0.338 e. The number of amides is 1. The van der Waals surface area contributed by atoms with Gasteiger partial charge in [-0.3, -0.25) is 9.59 Å². The standard InChI is InChI=1S/C25H20ClNO7/c1-31-23-11-17(5-9-22(23)32-12-15-2-6-18(26)7-3-15)25(30)34-13-20(28)16-4-8-21-19(10-16)27-24(29)14-33-21/h2-11H,12-14H2,1H3,(H,27,29). The highest BCUT2D eigenvalue weighted by molar-refractivity contribution is 6.30. The van der Waals surface area contributed by atoms with E-state index in [9.17, 15) is 14.4 Å². The van der Waals surface area contributed by atoms with Gasteiger partial charge in [0.1, 0.15) is 12.4 Å². The van der Waals surface area contributed by atoms with Crippen LogP contribution >= 0.6 is 11.6 Å². The molecule has 0 spiro atoms. The molecule has 174 valence electrons. The SMILES string of the molecule is COc1cc(C(=O)OCC(=O)c2ccc3c(c2)NC(=O)CO3)ccc1OCc1ccc(Cl)cc1. The van der Waals surface area contributed by atoms with Crippen molar-refractivity contribution in [2.24, 2.45) is 0 Å². The Labute approximate surface area is 200 Å². The number of Topliss-reactive ketones (excluding diaryl/α,β-unsaturated/α-hetero) is 1. The summed E-state index contributed by atoms with van der Waals surface area (Å²) in [5.41, 5.74) is 1.80. The number of ketones is 1. The van der Waals surface area contributed by atoms with Crippen molar-refractivity contribution in [3.8, 4) is 17.2 Å². The minimum Gasteiger partial charge on any atom is -0.493 e. The molecular weight excluding hydrogens is 462 g/mol. The number of nitrogens with one attached hydrogen (secondary N) is 1. The number of anilines is 1. The van der Waals surface area contributed by atoms with Gasteiger partial charge in [-0.05, 0) is 54.1 Å². The third-order valence-electron chi connectivity index (χ3n) is 4.98. The molecule has 0 fully saturated rings. The number of carbonyl (C=O) groups excluding carboxylic acids is 3. The van der Waals surface area contributed by atoms with E-state index in [1.54, 1.807) is 30.3 Å². The molecule has 0 aliphatic carbocycles. The van der Waals surface area contributed by atoms with Gasteiger partial charge in [0.25, 0.3) is 5.91 Å². The second-order valence-corrected chi connectivity index (χ2v) is 7.76. The van der Waals surface area contributed by atoms with Crippen LogP contribution in [-0.2, 0) is 16.1 Å². The van der Waals surface area contributed by atoms with Crippen LogP contribution in [0.2, 0.25) is 5.02 Å². The van der Waals surface area contributed by atoms with Crippen molar-refractivity contribution in [2.75, 3.05) is 25.6 Å². The average Bonchev–Trinajstić information content (AvgIpc) is 2.86. The molecular formula is C25H20ClNO7. The zero-order valence-electron chi connectivity index (χ0n) is 18.1. The third kappa shape index (κ3) is 5.47. The lowest BCUT2D eigenvalue weighted by atomic mass is 10.1. The molecule has 0 saturated heterocycles. The number of rotatable bonds is 8. The van der Waals surface area contributed by atoms with Gasteiger partial charge in [-0.25, -0.2) is 4.79 Å². The van der Waals surface area contributed by atoms with E-state index in [1.807, 2.05) is 12.1 Å². The summed E-state index contributed by atoms with van der Waals surface area (Å²) in [6.07, 6.45) is 0. The lowest BCUT2D eigenvalue weighted by Gasteiger charge is -2.18. The first-order chi connectivity index (χ1) is 16.4. The van der Waals surface area contributed by atoms with Gasteiger partial charge in [-0.1, -0.05) is 23.7 Å². The Hall–Kier alpha value is -4.04. The van der Waals surface area contributed by atoms with Crippen molar-refractivity contribution in [3.63, 3.8) is 0 Å². The summed E-state index contributed by atoms with van der Waals surface area (Å²) in [6, 6.07) is 16.4. The number of methoxy groups -OCH3 is 1. The van der Waals surface area contributed by atoms with Gasteiger partial charge in [0.05, 0.1) is 18.4 Å². The van der Waals surface area contributed by atoms with Crippen LogP contribution in [-0.4, -0.2) is 38.0 Å². The van der Waals surface area contributed by atoms with E-state index in [1.165, 1.54) is 25.3 Å². The summed E-state index contributed by atoms with van der Waals surface area (Å²) >= 11 is 5.89. The fourth-order valence-corrected chi connectivity index (χ4v) is 3.34. The summed E-state index contributed by atoms with van der Waals surface area (Å²) < 4.78 is 21.6. The summed E-state index contributed by atoms with van der Waals surface area (Å²) in [7, 11) is 1.46. The van der Waals surface area contributed by atoms with E-state index >= 15 is 0 Å². The quantitative estimate of drug-likeness (QED) is 0.378. The monoisotopic (exact) mass is 481 g/mol. The smallest absolute Gasteiger partial charge is 0.338 e. The van der Waals surface area contributed by atoms with Crippen molar-refractivity contribution in [1.29, 1.82) is 0 Å². The number of fused-ring (bicyclic) bond motifs is 1.